The van der Waals surface area contributed by atoms with Crippen LogP contribution in [0.2, 0.25) is 0 Å². The molecule has 7 rings (SSSR count). The molecule has 0 aliphatic rings. The minimum atomic E-state index is 0.710. The Kier molecular flexibility index (Phi) is 7.27. The number of hydrogen-bond donors (Lipinski definition) is 0. The van der Waals surface area contributed by atoms with Gasteiger partial charge in [0.2, 0.25) is 0 Å². The summed E-state index contributed by atoms with van der Waals surface area (Å²) < 4.78 is 2.32. The summed E-state index contributed by atoms with van der Waals surface area (Å²) in [6.07, 6.45) is 6.18. The molecule has 3 heteroatoms. The predicted octanol–water partition coefficient (Wildman–Crippen LogP) is 10.7. The molecule has 0 fully saturated rings. The lowest BCUT2D eigenvalue weighted by Gasteiger charge is -2.12. The fourth-order valence-corrected chi connectivity index (χ4v) is 5.81. The average Bonchev–Trinajstić information content (AvgIpc) is 3.43. The molecular weight excluding hydrogens is 534 g/mol. The molecule has 44 heavy (non-hydrogen) atoms. The molecule has 0 spiro atoms. The number of hydrogen-bond acceptors (Lipinski definition) is 2. The summed E-state index contributed by atoms with van der Waals surface area (Å²) in [4.78, 5) is 9.99. The van der Waals surface area contributed by atoms with E-state index in [1.807, 2.05) is 42.5 Å². The highest BCUT2D eigenvalue weighted by molar-refractivity contribution is 6.10. The molecule has 3 nitrogen and oxygen atoms in total. The third-order valence-electron chi connectivity index (χ3n) is 7.93. The van der Waals surface area contributed by atoms with Crippen LogP contribution in [0.4, 0.5) is 0 Å². The lowest BCUT2D eigenvalue weighted by molar-refractivity contribution is 1.18. The zero-order valence-corrected chi connectivity index (χ0v) is 24.6. The lowest BCUT2D eigenvalue weighted by atomic mass is 10.0. The van der Waals surface area contributed by atoms with Crippen LogP contribution in [0.25, 0.3) is 67.0 Å². The van der Waals surface area contributed by atoms with Gasteiger partial charge in [0, 0.05) is 33.2 Å². The Morgan fingerprint density at radius 2 is 1.14 bits per heavy atom. The zero-order valence-electron chi connectivity index (χ0n) is 24.6. The van der Waals surface area contributed by atoms with Gasteiger partial charge >= 0.3 is 0 Å². The maximum atomic E-state index is 5.04. The number of para-hydroxylation sites is 2. The molecule has 0 aliphatic heterocycles. The van der Waals surface area contributed by atoms with Crippen LogP contribution in [-0.4, -0.2) is 14.5 Å². The van der Waals surface area contributed by atoms with Crippen LogP contribution in [0, 0.1) is 0 Å². The Morgan fingerprint density at radius 1 is 0.591 bits per heavy atom. The minimum absolute atomic E-state index is 0.710. The van der Waals surface area contributed by atoms with Crippen LogP contribution in [0.15, 0.2) is 164 Å². The fraction of sp³-hybridized carbons (Fsp3) is 0.0244. The molecule has 0 saturated heterocycles. The van der Waals surface area contributed by atoms with E-state index in [1.54, 1.807) is 0 Å². The molecule has 2 aromatic heterocycles. The van der Waals surface area contributed by atoms with Crippen molar-refractivity contribution in [3.05, 3.63) is 170 Å². The normalized spacial score (nSPS) is 12.1. The van der Waals surface area contributed by atoms with E-state index in [4.69, 9.17) is 9.97 Å². The molecule has 0 radical (unpaired) electrons. The average molecular weight is 566 g/mol. The molecule has 2 heterocycles. The van der Waals surface area contributed by atoms with E-state index in [2.05, 4.69) is 133 Å². The van der Waals surface area contributed by atoms with Crippen LogP contribution < -0.4 is 0 Å². The third-order valence-corrected chi connectivity index (χ3v) is 7.93. The van der Waals surface area contributed by atoms with E-state index in [-0.39, 0.29) is 0 Å². The SMILES string of the molecule is C=C/C=C(\C=C(/C)c1cccc(-c2cc(-c3ccccc3)nc(-c3ccccc3)n2)c1)n1c2ccccc2c2ccccc21. The zero-order chi connectivity index (χ0) is 29.9. The molecular formula is C41H31N3. The first-order valence-corrected chi connectivity index (χ1v) is 14.8. The van der Waals surface area contributed by atoms with E-state index in [0.717, 1.165) is 44.9 Å². The van der Waals surface area contributed by atoms with Gasteiger partial charge in [0.25, 0.3) is 0 Å². The van der Waals surface area contributed by atoms with Gasteiger partial charge in [-0.2, -0.15) is 0 Å². The monoisotopic (exact) mass is 565 g/mol. The molecule has 0 aliphatic carbocycles. The van der Waals surface area contributed by atoms with Gasteiger partial charge in [-0.1, -0.05) is 128 Å². The number of fused-ring (bicyclic) bond motifs is 3. The van der Waals surface area contributed by atoms with Crippen molar-refractivity contribution in [2.24, 2.45) is 0 Å². The van der Waals surface area contributed by atoms with Gasteiger partial charge in [-0.3, -0.25) is 0 Å². The van der Waals surface area contributed by atoms with Crippen LogP contribution in [-0.2, 0) is 0 Å². The van der Waals surface area contributed by atoms with Crippen molar-refractivity contribution >= 4 is 33.1 Å². The van der Waals surface area contributed by atoms with Crippen molar-refractivity contribution in [2.45, 2.75) is 6.92 Å². The molecule has 0 N–H and O–H groups in total. The fourth-order valence-electron chi connectivity index (χ4n) is 5.81. The highest BCUT2D eigenvalue weighted by Gasteiger charge is 2.14. The molecule has 0 unspecified atom stereocenters. The van der Waals surface area contributed by atoms with Gasteiger partial charge in [-0.15, -0.1) is 0 Å². The minimum Gasteiger partial charge on any atom is -0.309 e. The summed E-state index contributed by atoms with van der Waals surface area (Å²) in [5, 5.41) is 2.47. The molecule has 7 aromatic rings. The van der Waals surface area contributed by atoms with E-state index in [0.29, 0.717) is 5.82 Å². The number of rotatable bonds is 7. The van der Waals surface area contributed by atoms with Crippen molar-refractivity contribution in [1.82, 2.24) is 14.5 Å². The first-order valence-electron chi connectivity index (χ1n) is 14.8. The van der Waals surface area contributed by atoms with E-state index >= 15 is 0 Å². The summed E-state index contributed by atoms with van der Waals surface area (Å²) in [5.41, 5.74) is 10.5. The van der Waals surface area contributed by atoms with Crippen molar-refractivity contribution in [2.75, 3.05) is 0 Å². The lowest BCUT2D eigenvalue weighted by Crippen LogP contribution is -1.97. The Labute approximate surface area is 257 Å². The smallest absolute Gasteiger partial charge is 0.160 e. The number of nitrogens with zero attached hydrogens (tertiary/aromatic N) is 3. The maximum Gasteiger partial charge on any atom is 0.160 e. The molecule has 5 aromatic carbocycles. The van der Waals surface area contributed by atoms with Gasteiger partial charge in [0.1, 0.15) is 0 Å². The number of allylic oxidation sites excluding steroid dienone is 5. The van der Waals surface area contributed by atoms with Gasteiger partial charge in [0.05, 0.1) is 22.4 Å². The van der Waals surface area contributed by atoms with Gasteiger partial charge in [-0.25, -0.2) is 9.97 Å². The first kappa shape index (κ1) is 27.1. The molecule has 0 bridgehead atoms. The van der Waals surface area contributed by atoms with E-state index < -0.39 is 0 Å². The summed E-state index contributed by atoms with van der Waals surface area (Å²) in [7, 11) is 0. The second-order valence-corrected chi connectivity index (χ2v) is 10.8. The van der Waals surface area contributed by atoms with E-state index in [1.165, 1.54) is 21.8 Å². The standard InChI is InChI=1S/C41H31N3/c1-3-15-34(44-39-24-12-10-22-35(39)36-23-11-13-25-40(36)44)26-29(2)32-20-14-21-33(27-32)38-28-37(30-16-6-4-7-17-30)42-41(43-38)31-18-8-5-9-19-31/h3-28H,1H2,2H3/b29-26+,34-15+. The molecule has 210 valence electrons. The Morgan fingerprint density at radius 3 is 1.77 bits per heavy atom. The van der Waals surface area contributed by atoms with Crippen LogP contribution in [0.3, 0.4) is 0 Å². The maximum absolute atomic E-state index is 5.04. The Balaban J connectivity index is 1.33. The van der Waals surface area contributed by atoms with Gasteiger partial charge in [0.15, 0.2) is 5.82 Å². The van der Waals surface area contributed by atoms with Crippen LogP contribution in [0.1, 0.15) is 12.5 Å². The Bertz CT molecular complexity index is 2070. The summed E-state index contributed by atoms with van der Waals surface area (Å²) in [5.74, 6) is 0.710. The summed E-state index contributed by atoms with van der Waals surface area (Å²) >= 11 is 0. The van der Waals surface area contributed by atoms with Crippen LogP contribution >= 0.6 is 0 Å². The van der Waals surface area contributed by atoms with Crippen molar-refractivity contribution in [3.8, 4) is 33.9 Å². The predicted molar refractivity (Wildman–Crippen MR) is 186 cm³/mol. The second kappa shape index (κ2) is 11.8. The first-order chi connectivity index (χ1) is 21.7. The Hall–Kier alpha value is -5.80. The second-order valence-electron chi connectivity index (χ2n) is 10.8. The third kappa shape index (κ3) is 5.16. The molecule has 0 saturated carbocycles. The summed E-state index contributed by atoms with van der Waals surface area (Å²) in [6, 6.07) is 48.3. The highest BCUT2D eigenvalue weighted by Crippen LogP contribution is 2.34. The van der Waals surface area contributed by atoms with Crippen molar-refractivity contribution < 1.29 is 0 Å². The van der Waals surface area contributed by atoms with Crippen molar-refractivity contribution in [1.29, 1.82) is 0 Å². The molecule has 0 atom stereocenters. The number of aromatic nitrogens is 3. The molecule has 0 amide bonds. The van der Waals surface area contributed by atoms with Crippen LogP contribution in [0.5, 0.6) is 0 Å². The quantitative estimate of drug-likeness (QED) is 0.180. The topological polar surface area (TPSA) is 30.7 Å². The van der Waals surface area contributed by atoms with Gasteiger partial charge in [-0.05, 0) is 54.5 Å². The highest BCUT2D eigenvalue weighted by atomic mass is 15.0. The summed E-state index contributed by atoms with van der Waals surface area (Å²) in [6.45, 7) is 6.20. The van der Waals surface area contributed by atoms with E-state index in [9.17, 15) is 0 Å². The number of benzene rings is 5. The van der Waals surface area contributed by atoms with Gasteiger partial charge < -0.3 is 4.57 Å². The van der Waals surface area contributed by atoms with Crippen molar-refractivity contribution in [3.63, 3.8) is 0 Å². The largest absolute Gasteiger partial charge is 0.309 e.